The molecule has 0 bridgehead atoms. The quantitative estimate of drug-likeness (QED) is 0.188. The molecular formula is C43H24N2O2S2. The van der Waals surface area contributed by atoms with Gasteiger partial charge in [-0.1, -0.05) is 60.7 Å². The molecule has 0 unspecified atom stereocenters. The van der Waals surface area contributed by atoms with Gasteiger partial charge in [0.25, 0.3) is 0 Å². The van der Waals surface area contributed by atoms with Crippen LogP contribution in [0.2, 0.25) is 0 Å². The lowest BCUT2D eigenvalue weighted by molar-refractivity contribution is 0.622. The van der Waals surface area contributed by atoms with Crippen LogP contribution in [0.5, 0.6) is 0 Å². The van der Waals surface area contributed by atoms with Crippen LogP contribution < -0.4 is 4.90 Å². The largest absolute Gasteiger partial charge is 0.456 e. The van der Waals surface area contributed by atoms with Crippen LogP contribution in [0.3, 0.4) is 0 Å². The highest BCUT2D eigenvalue weighted by molar-refractivity contribution is 7.26. The Hall–Kier alpha value is -5.95. The Balaban J connectivity index is 1.12. The minimum Gasteiger partial charge on any atom is -0.456 e. The van der Waals surface area contributed by atoms with Crippen molar-refractivity contribution >= 4 is 113 Å². The number of benzene rings is 7. The topological polar surface area (TPSA) is 42.4 Å². The predicted octanol–water partition coefficient (Wildman–Crippen LogP) is 13.6. The molecule has 0 amide bonds. The van der Waals surface area contributed by atoms with Gasteiger partial charge in [0.15, 0.2) is 5.58 Å². The molecular weight excluding hydrogens is 641 g/mol. The van der Waals surface area contributed by atoms with Gasteiger partial charge in [0, 0.05) is 74.4 Å². The summed E-state index contributed by atoms with van der Waals surface area (Å²) in [7, 11) is 0. The molecule has 0 spiro atoms. The van der Waals surface area contributed by atoms with E-state index < -0.39 is 0 Å². The van der Waals surface area contributed by atoms with Crippen LogP contribution in [-0.2, 0) is 0 Å². The zero-order valence-corrected chi connectivity index (χ0v) is 27.5. The molecule has 4 aromatic heterocycles. The summed E-state index contributed by atoms with van der Waals surface area (Å²) in [5, 5.41) is 7.06. The van der Waals surface area contributed by atoms with E-state index in [0.717, 1.165) is 55.7 Å². The molecule has 4 nitrogen and oxygen atoms in total. The Bertz CT molecular complexity index is 3080. The summed E-state index contributed by atoms with van der Waals surface area (Å²) in [4.78, 5) is 7.16. The molecule has 0 aliphatic carbocycles. The zero-order valence-electron chi connectivity index (χ0n) is 25.9. The van der Waals surface area contributed by atoms with E-state index in [1.807, 2.05) is 65.1 Å². The third-order valence-electron chi connectivity index (χ3n) is 9.49. The normalized spacial score (nSPS) is 12.1. The number of oxazole rings is 1. The fourth-order valence-corrected chi connectivity index (χ4v) is 9.46. The number of hydrogen-bond acceptors (Lipinski definition) is 6. The maximum Gasteiger partial charge on any atom is 0.227 e. The van der Waals surface area contributed by atoms with Crippen LogP contribution in [0.15, 0.2) is 154 Å². The number of anilines is 3. The number of aromatic nitrogens is 1. The van der Waals surface area contributed by atoms with Crippen molar-refractivity contribution in [2.45, 2.75) is 0 Å². The first kappa shape index (κ1) is 27.0. The predicted molar refractivity (Wildman–Crippen MR) is 207 cm³/mol. The highest BCUT2D eigenvalue weighted by atomic mass is 32.1. The molecule has 4 heterocycles. The number of fused-ring (bicyclic) bond motifs is 11. The number of furan rings is 1. The van der Waals surface area contributed by atoms with Crippen LogP contribution in [0, 0.1) is 0 Å². The van der Waals surface area contributed by atoms with Gasteiger partial charge in [0.2, 0.25) is 5.89 Å². The Morgan fingerprint density at radius 3 is 1.92 bits per heavy atom. The number of nitrogens with zero attached hydrogens (tertiary/aromatic N) is 2. The first-order valence-corrected chi connectivity index (χ1v) is 17.8. The molecule has 49 heavy (non-hydrogen) atoms. The van der Waals surface area contributed by atoms with Crippen molar-refractivity contribution in [1.29, 1.82) is 0 Å². The molecule has 0 aliphatic heterocycles. The van der Waals surface area contributed by atoms with Crippen LogP contribution >= 0.6 is 22.7 Å². The van der Waals surface area contributed by atoms with Gasteiger partial charge in [-0.25, -0.2) is 4.98 Å². The van der Waals surface area contributed by atoms with Crippen LogP contribution in [-0.4, -0.2) is 4.98 Å². The van der Waals surface area contributed by atoms with Gasteiger partial charge in [-0.3, -0.25) is 0 Å². The summed E-state index contributed by atoms with van der Waals surface area (Å²) in [6.45, 7) is 0. The molecule has 6 heteroatoms. The SMILES string of the molecule is c1ccc(-c2nc3ccc4oc5cc(N(c6ccc7c(c6)sc6ccccc67)c6ccc7sc8ccccc8c7c6)ccc5c4c3o2)cc1. The first-order valence-electron chi connectivity index (χ1n) is 16.2. The monoisotopic (exact) mass is 664 g/mol. The average Bonchev–Trinajstić information content (AvgIpc) is 3.92. The molecule has 11 rings (SSSR count). The average molecular weight is 665 g/mol. The second kappa shape index (κ2) is 10.3. The molecule has 0 aliphatic rings. The highest BCUT2D eigenvalue weighted by Gasteiger charge is 2.21. The lowest BCUT2D eigenvalue weighted by atomic mass is 10.1. The second-order valence-electron chi connectivity index (χ2n) is 12.3. The zero-order chi connectivity index (χ0) is 32.1. The molecule has 0 fully saturated rings. The van der Waals surface area contributed by atoms with Gasteiger partial charge in [-0.15, -0.1) is 22.7 Å². The summed E-state index contributed by atoms with van der Waals surface area (Å²) in [6, 6.07) is 51.5. The fraction of sp³-hybridized carbons (Fsp3) is 0. The molecule has 0 radical (unpaired) electrons. The van der Waals surface area contributed by atoms with Crippen molar-refractivity contribution in [2.24, 2.45) is 0 Å². The Morgan fingerprint density at radius 2 is 1.08 bits per heavy atom. The summed E-state index contributed by atoms with van der Waals surface area (Å²) < 4.78 is 18.1. The molecule has 7 aromatic carbocycles. The van der Waals surface area contributed by atoms with E-state index in [1.165, 1.54) is 40.3 Å². The van der Waals surface area contributed by atoms with E-state index in [0.29, 0.717) is 5.89 Å². The lowest BCUT2D eigenvalue weighted by Gasteiger charge is -2.25. The number of hydrogen-bond donors (Lipinski definition) is 0. The van der Waals surface area contributed by atoms with Crippen molar-refractivity contribution in [3.63, 3.8) is 0 Å². The minimum atomic E-state index is 0.605. The molecule has 0 atom stereocenters. The number of thiophene rings is 2. The van der Waals surface area contributed by atoms with Gasteiger partial charge in [0.05, 0.1) is 5.39 Å². The molecule has 0 saturated carbocycles. The molecule has 230 valence electrons. The second-order valence-corrected chi connectivity index (χ2v) is 14.5. The Labute approximate surface area is 287 Å². The van der Waals surface area contributed by atoms with Crippen molar-refractivity contribution < 1.29 is 8.83 Å². The summed E-state index contributed by atoms with van der Waals surface area (Å²) in [6.07, 6.45) is 0. The standard InChI is InChI=1S/C43H24N2O2S2/c1-2-8-25(9-3-1)43-44-34-19-20-35-41(42(34)47-43)32-18-15-27(23-36(32)46-35)45(26-16-21-39-33(22-26)30-11-5-7-13-38(30)48-39)28-14-17-31-29-10-4-6-12-37(29)49-40(31)24-28/h1-24H. The fourth-order valence-electron chi connectivity index (χ4n) is 7.23. The van der Waals surface area contributed by atoms with E-state index >= 15 is 0 Å². The van der Waals surface area contributed by atoms with Gasteiger partial charge in [-0.2, -0.15) is 0 Å². The van der Waals surface area contributed by atoms with E-state index in [4.69, 9.17) is 13.8 Å². The smallest absolute Gasteiger partial charge is 0.227 e. The van der Waals surface area contributed by atoms with E-state index in [1.54, 1.807) is 0 Å². The van der Waals surface area contributed by atoms with E-state index in [-0.39, 0.29) is 0 Å². The van der Waals surface area contributed by atoms with Crippen LogP contribution in [0.1, 0.15) is 0 Å². The van der Waals surface area contributed by atoms with Gasteiger partial charge in [-0.05, 0) is 78.9 Å². The maximum absolute atomic E-state index is 6.55. The third-order valence-corrected chi connectivity index (χ3v) is 11.8. The summed E-state index contributed by atoms with van der Waals surface area (Å²) in [5.74, 6) is 0.605. The highest BCUT2D eigenvalue weighted by Crippen LogP contribution is 2.45. The molecule has 0 N–H and O–H groups in total. The molecule has 0 saturated heterocycles. The maximum atomic E-state index is 6.55. The summed E-state index contributed by atoms with van der Waals surface area (Å²) >= 11 is 3.67. The van der Waals surface area contributed by atoms with Gasteiger partial charge < -0.3 is 13.7 Å². The lowest BCUT2D eigenvalue weighted by Crippen LogP contribution is -2.09. The van der Waals surface area contributed by atoms with E-state index in [9.17, 15) is 0 Å². The first-order chi connectivity index (χ1) is 24.2. The Kier molecular flexibility index (Phi) is 5.67. The van der Waals surface area contributed by atoms with Crippen LogP contribution in [0.4, 0.5) is 17.1 Å². The van der Waals surface area contributed by atoms with Crippen molar-refractivity contribution in [2.75, 3.05) is 4.90 Å². The van der Waals surface area contributed by atoms with Crippen molar-refractivity contribution in [1.82, 2.24) is 4.98 Å². The van der Waals surface area contributed by atoms with Crippen molar-refractivity contribution in [3.8, 4) is 11.5 Å². The number of rotatable bonds is 4. The Morgan fingerprint density at radius 1 is 0.449 bits per heavy atom. The molecule has 11 aromatic rings. The van der Waals surface area contributed by atoms with Crippen molar-refractivity contribution in [3.05, 3.63) is 146 Å². The van der Waals surface area contributed by atoms with E-state index in [2.05, 4.69) is 108 Å². The summed E-state index contributed by atoms with van der Waals surface area (Å²) in [5.41, 5.74) is 7.29. The van der Waals surface area contributed by atoms with Gasteiger partial charge in [0.1, 0.15) is 16.7 Å². The minimum absolute atomic E-state index is 0.605. The van der Waals surface area contributed by atoms with Crippen LogP contribution in [0.25, 0.3) is 84.8 Å². The van der Waals surface area contributed by atoms with Gasteiger partial charge >= 0.3 is 0 Å². The third kappa shape index (κ3) is 4.11.